The van der Waals surface area contributed by atoms with E-state index in [1.165, 1.54) is 22.3 Å². The van der Waals surface area contributed by atoms with Crippen LogP contribution in [-0.4, -0.2) is 28.4 Å². The number of hydrogen-bond acceptors (Lipinski definition) is 5. The zero-order valence-corrected chi connectivity index (χ0v) is 51.1. The van der Waals surface area contributed by atoms with Gasteiger partial charge in [0.25, 0.3) is 0 Å². The number of unbranched alkanes of at least 4 members (excludes halogenated alkanes) is 2. The van der Waals surface area contributed by atoms with E-state index in [0.29, 0.717) is 35.4 Å². The zero-order chi connectivity index (χ0) is 58.5. The van der Waals surface area contributed by atoms with Crippen LogP contribution in [0.4, 0.5) is 34.1 Å². The molecule has 8 heteroatoms. The smallest absolute Gasteiger partial charge is 0.227 e. The summed E-state index contributed by atoms with van der Waals surface area (Å²) in [7, 11) is 0. The Kier molecular flexibility index (Phi) is 18.7. The largest absolute Gasteiger partial charge is 0.506 e. The highest BCUT2D eigenvalue weighted by Gasteiger charge is 2.41. The molecule has 2 unspecified atom stereocenters. The number of carbonyl (C=O) groups excluding carboxylic acids is 3. The van der Waals surface area contributed by atoms with Gasteiger partial charge in [-0.15, -0.1) is 0 Å². The molecule has 2 aliphatic carbocycles. The van der Waals surface area contributed by atoms with Crippen molar-refractivity contribution >= 4 is 63.0 Å². The van der Waals surface area contributed by atoms with Crippen molar-refractivity contribution in [3.05, 3.63) is 184 Å². The standard InChI is InChI=1S/C72H90N4O4/c1-17-21-23-47(19-3)67(79)73-61-45-57(75(53-33-25-49(26-34-53)69(5,6)7)54-35-27-50(28-36-54)70(8,9)10)41-43-59(61)63-65(77)64(66(63)78)60-44-42-58(46-62(60)74-68(80)48(20-4)24-22-18-2)76(55-37-29-51(30-38-55)71(11,12)13)56-39-31-52(32-40-56)72(14,15)16/h25-48H,17-24H2,1-16H3,(H2,73,74,77,78,79,80)/p+1. The van der Waals surface area contributed by atoms with Gasteiger partial charge < -0.3 is 20.6 Å². The van der Waals surface area contributed by atoms with Crippen LogP contribution in [0.5, 0.6) is 0 Å². The number of rotatable bonds is 18. The molecule has 7 rings (SSSR count). The summed E-state index contributed by atoms with van der Waals surface area (Å²) in [6.45, 7) is 34.8. The van der Waals surface area contributed by atoms with Gasteiger partial charge in [0.05, 0.1) is 22.5 Å². The molecule has 5 aromatic rings. The fourth-order valence-electron chi connectivity index (χ4n) is 10.6. The number of allylic oxidation sites excluding steroid dienone is 5. The van der Waals surface area contributed by atoms with Gasteiger partial charge in [0, 0.05) is 76.5 Å². The Morgan fingerprint density at radius 3 is 1.31 bits per heavy atom. The lowest BCUT2D eigenvalue weighted by molar-refractivity contribution is -0.124. The van der Waals surface area contributed by atoms with Crippen LogP contribution in [0, 0.1) is 11.8 Å². The molecule has 0 aliphatic heterocycles. The van der Waals surface area contributed by atoms with Crippen LogP contribution in [0.1, 0.15) is 190 Å². The van der Waals surface area contributed by atoms with Crippen molar-refractivity contribution in [2.75, 3.05) is 10.2 Å². The fraction of sp³-hybridized carbons (Fsp3) is 0.417. The SMILES string of the molecule is CCCCC(CC)C(=O)NC1=CC(=[N+](c2ccc(C(C)(C)C)cc2)c2ccc(C(C)(C)C)cc2)C=C/C1=C1\C(=O)C(c2ccc(N(c3ccc(C(C)(C)C)cc3)c3ccc(C(C)(C)C)cc3)cc2NC(=O)C(CC)CCCC)=C1O. The maximum Gasteiger partial charge on any atom is 0.227 e. The number of Topliss-reactive ketones (excluding diaryl/α,β-unsaturated/α-hetero) is 1. The number of hydrogen-bond donors (Lipinski definition) is 3. The van der Waals surface area contributed by atoms with E-state index in [1.54, 1.807) is 0 Å². The summed E-state index contributed by atoms with van der Waals surface area (Å²) in [5.74, 6) is -1.35. The summed E-state index contributed by atoms with van der Waals surface area (Å²) in [5, 5.41) is 19.1. The molecule has 80 heavy (non-hydrogen) atoms. The number of anilines is 4. The number of nitrogens with zero attached hydrogens (tertiary/aromatic N) is 2. The van der Waals surface area contributed by atoms with Crippen LogP contribution < -0.4 is 20.1 Å². The minimum absolute atomic E-state index is 0.0511. The van der Waals surface area contributed by atoms with Crippen molar-refractivity contribution in [3.8, 4) is 0 Å². The predicted octanol–water partition coefficient (Wildman–Crippen LogP) is 18.4. The van der Waals surface area contributed by atoms with Crippen LogP contribution in [0.3, 0.4) is 0 Å². The maximum atomic E-state index is 15.2. The molecule has 2 atom stereocenters. The summed E-state index contributed by atoms with van der Waals surface area (Å²) >= 11 is 0. The Morgan fingerprint density at radius 1 is 0.525 bits per heavy atom. The Morgan fingerprint density at radius 2 is 0.925 bits per heavy atom. The molecule has 0 bridgehead atoms. The number of amides is 2. The van der Waals surface area contributed by atoms with Crippen LogP contribution in [0.25, 0.3) is 5.57 Å². The Bertz CT molecular complexity index is 3090. The minimum atomic E-state index is -0.384. The van der Waals surface area contributed by atoms with E-state index in [2.05, 4.69) is 214 Å². The van der Waals surface area contributed by atoms with Crippen molar-refractivity contribution in [1.29, 1.82) is 0 Å². The highest BCUT2D eigenvalue weighted by molar-refractivity contribution is 6.40. The summed E-state index contributed by atoms with van der Waals surface area (Å²) in [4.78, 5) is 46.2. The van der Waals surface area contributed by atoms with E-state index in [9.17, 15) is 14.7 Å². The number of ketones is 1. The van der Waals surface area contributed by atoms with Crippen molar-refractivity contribution in [3.63, 3.8) is 0 Å². The average molecular weight is 1080 g/mol. The van der Waals surface area contributed by atoms with Gasteiger partial charge in [0.1, 0.15) is 5.76 Å². The van der Waals surface area contributed by atoms with E-state index in [0.717, 1.165) is 72.7 Å². The second-order valence-corrected chi connectivity index (χ2v) is 26.2. The molecule has 422 valence electrons. The van der Waals surface area contributed by atoms with Gasteiger partial charge in [-0.1, -0.05) is 185 Å². The van der Waals surface area contributed by atoms with Gasteiger partial charge in [0.15, 0.2) is 0 Å². The Hall–Kier alpha value is -7.06. The van der Waals surface area contributed by atoms with Gasteiger partial charge in [-0.3, -0.25) is 14.4 Å². The number of aliphatic hydroxyl groups is 1. The molecule has 0 spiro atoms. The van der Waals surface area contributed by atoms with Gasteiger partial charge in [-0.2, -0.15) is 4.58 Å². The molecule has 0 saturated heterocycles. The van der Waals surface area contributed by atoms with Crippen LogP contribution >= 0.6 is 0 Å². The second-order valence-electron chi connectivity index (χ2n) is 26.2. The lowest BCUT2D eigenvalue weighted by atomic mass is 9.78. The number of nitrogens with one attached hydrogen (secondary N) is 2. The first-order chi connectivity index (χ1) is 37.7. The minimum Gasteiger partial charge on any atom is -0.506 e. The summed E-state index contributed by atoms with van der Waals surface area (Å²) in [5.41, 5.74) is 11.8. The second kappa shape index (κ2) is 24.8. The van der Waals surface area contributed by atoms with Crippen molar-refractivity contribution in [2.45, 2.75) is 184 Å². The van der Waals surface area contributed by atoms with E-state index in [4.69, 9.17) is 0 Å². The molecule has 8 nitrogen and oxygen atoms in total. The van der Waals surface area contributed by atoms with Gasteiger partial charge in [0.2, 0.25) is 34.7 Å². The third-order valence-electron chi connectivity index (χ3n) is 16.0. The molecule has 5 aromatic carbocycles. The van der Waals surface area contributed by atoms with Crippen LogP contribution in [0.15, 0.2) is 156 Å². The monoisotopic (exact) mass is 1080 g/mol. The predicted molar refractivity (Wildman–Crippen MR) is 337 cm³/mol. The zero-order valence-electron chi connectivity index (χ0n) is 51.1. The molecule has 0 fully saturated rings. The molecule has 3 N–H and O–H groups in total. The highest BCUT2D eigenvalue weighted by atomic mass is 16.3. The molecule has 2 aliphatic rings. The highest BCUT2D eigenvalue weighted by Crippen LogP contribution is 2.46. The lowest BCUT2D eigenvalue weighted by Crippen LogP contribution is -2.34. The summed E-state index contributed by atoms with van der Waals surface area (Å²) < 4.78 is 2.17. The van der Waals surface area contributed by atoms with Crippen molar-refractivity contribution in [2.24, 2.45) is 11.8 Å². The maximum absolute atomic E-state index is 15.2. The molecule has 0 saturated carbocycles. The molecule has 0 radical (unpaired) electrons. The molecule has 0 aromatic heterocycles. The first-order valence-corrected chi connectivity index (χ1v) is 29.5. The topological polar surface area (TPSA) is 102 Å². The Labute approximate surface area is 479 Å². The third-order valence-corrected chi connectivity index (χ3v) is 16.0. The summed E-state index contributed by atoms with van der Waals surface area (Å²) in [6.07, 6.45) is 12.2. The number of aliphatic hydroxyl groups excluding tert-OH is 1. The van der Waals surface area contributed by atoms with E-state index >= 15 is 4.79 Å². The van der Waals surface area contributed by atoms with Gasteiger partial charge in [-0.25, -0.2) is 0 Å². The summed E-state index contributed by atoms with van der Waals surface area (Å²) in [6, 6.07) is 40.1. The normalized spacial score (nSPS) is 15.8. The van der Waals surface area contributed by atoms with Crippen LogP contribution in [-0.2, 0) is 36.0 Å². The molecular formula is C72H91N4O4+. The molecular weight excluding hydrogens is 985 g/mol. The molecule has 2 amide bonds. The third kappa shape index (κ3) is 13.7. The fourth-order valence-corrected chi connectivity index (χ4v) is 10.6. The molecule has 0 heterocycles. The average Bonchev–Trinajstić information content (AvgIpc) is 3.47. The van der Waals surface area contributed by atoms with E-state index < -0.39 is 0 Å². The quantitative estimate of drug-likeness (QED) is 0.0599. The number of benzene rings is 5. The van der Waals surface area contributed by atoms with Crippen molar-refractivity contribution in [1.82, 2.24) is 9.89 Å². The van der Waals surface area contributed by atoms with Gasteiger partial charge >= 0.3 is 0 Å². The number of carbonyl (C=O) groups is 3. The first kappa shape index (κ1) is 60.6. The Balaban J connectivity index is 1.43. The van der Waals surface area contributed by atoms with Crippen molar-refractivity contribution < 1.29 is 19.5 Å². The first-order valence-electron chi connectivity index (χ1n) is 29.5. The van der Waals surface area contributed by atoms with E-state index in [-0.39, 0.29) is 68.0 Å². The van der Waals surface area contributed by atoms with Gasteiger partial charge in [-0.05, 0) is 118 Å². The van der Waals surface area contributed by atoms with Crippen LogP contribution in [0.2, 0.25) is 0 Å². The van der Waals surface area contributed by atoms with E-state index in [1.807, 2.05) is 50.3 Å². The lowest BCUT2D eigenvalue weighted by Gasteiger charge is -2.30.